The van der Waals surface area contributed by atoms with Crippen molar-refractivity contribution in [3.8, 4) is 0 Å². The van der Waals surface area contributed by atoms with Gasteiger partial charge in [0.1, 0.15) is 0 Å². The van der Waals surface area contributed by atoms with Crippen molar-refractivity contribution < 1.29 is 4.79 Å². The van der Waals surface area contributed by atoms with E-state index in [1.54, 1.807) is 0 Å². The van der Waals surface area contributed by atoms with E-state index < -0.39 is 0 Å². The van der Waals surface area contributed by atoms with Crippen LogP contribution in [-0.2, 0) is 4.79 Å². The van der Waals surface area contributed by atoms with E-state index >= 15 is 0 Å². The molecule has 1 amide bonds. The van der Waals surface area contributed by atoms with Gasteiger partial charge in [0.05, 0.1) is 0 Å². The molecule has 0 radical (unpaired) electrons. The van der Waals surface area contributed by atoms with Crippen LogP contribution in [0.15, 0.2) is 0 Å². The van der Waals surface area contributed by atoms with Crippen LogP contribution in [0.4, 0.5) is 0 Å². The predicted octanol–water partition coefficient (Wildman–Crippen LogP) is 1.52. The zero-order valence-corrected chi connectivity index (χ0v) is 9.00. The van der Waals surface area contributed by atoms with E-state index in [0.29, 0.717) is 5.91 Å². The number of unbranched alkanes of at least 4 members (excludes halogenated alkanes) is 1. The number of likely N-dealkylation sites (tertiary alicyclic amines) is 1. The Balaban J connectivity index is 2.26. The van der Waals surface area contributed by atoms with E-state index in [2.05, 4.69) is 0 Å². The Labute approximate surface area is 86.6 Å². The van der Waals surface area contributed by atoms with Crippen LogP contribution < -0.4 is 5.73 Å². The van der Waals surface area contributed by atoms with E-state index in [9.17, 15) is 4.79 Å². The number of hydrogen-bond donors (Lipinski definition) is 1. The second-order valence-corrected chi connectivity index (χ2v) is 4.04. The van der Waals surface area contributed by atoms with Gasteiger partial charge in [0.25, 0.3) is 0 Å². The van der Waals surface area contributed by atoms with Crippen molar-refractivity contribution in [1.29, 1.82) is 0 Å². The third-order valence-electron chi connectivity index (χ3n) is 2.80. The van der Waals surface area contributed by atoms with E-state index in [4.69, 9.17) is 5.73 Å². The predicted molar refractivity (Wildman–Crippen MR) is 58.0 cm³/mol. The maximum Gasteiger partial charge on any atom is 0.222 e. The minimum Gasteiger partial charge on any atom is -0.343 e. The van der Waals surface area contributed by atoms with Crippen LogP contribution in [0.3, 0.4) is 0 Å². The highest BCUT2D eigenvalue weighted by molar-refractivity contribution is 5.76. The maximum absolute atomic E-state index is 11.7. The van der Waals surface area contributed by atoms with Crippen LogP contribution in [0.25, 0.3) is 0 Å². The van der Waals surface area contributed by atoms with Gasteiger partial charge in [-0.15, -0.1) is 0 Å². The summed E-state index contributed by atoms with van der Waals surface area (Å²) in [5, 5.41) is 0. The van der Waals surface area contributed by atoms with Crippen LogP contribution in [0, 0.1) is 0 Å². The molecule has 1 aliphatic heterocycles. The summed E-state index contributed by atoms with van der Waals surface area (Å²) in [4.78, 5) is 13.7. The molecule has 0 aromatic rings. The second-order valence-electron chi connectivity index (χ2n) is 4.04. The highest BCUT2D eigenvalue weighted by Gasteiger charge is 2.14. The van der Waals surface area contributed by atoms with Gasteiger partial charge in [-0.25, -0.2) is 0 Å². The summed E-state index contributed by atoms with van der Waals surface area (Å²) >= 11 is 0. The number of nitrogens with two attached hydrogens (primary N) is 1. The second kappa shape index (κ2) is 6.82. The van der Waals surface area contributed by atoms with Gasteiger partial charge in [-0.05, 0) is 32.2 Å². The SMILES string of the molecule is NCCCCN1CCCCCCC1=O. The van der Waals surface area contributed by atoms with E-state index in [0.717, 1.165) is 45.3 Å². The average molecular weight is 198 g/mol. The molecule has 1 heterocycles. The Hall–Kier alpha value is -0.570. The van der Waals surface area contributed by atoms with Crippen molar-refractivity contribution in [2.45, 2.75) is 44.9 Å². The van der Waals surface area contributed by atoms with Crippen molar-refractivity contribution in [1.82, 2.24) is 4.90 Å². The maximum atomic E-state index is 11.7. The molecule has 82 valence electrons. The molecule has 1 aliphatic rings. The van der Waals surface area contributed by atoms with Crippen LogP contribution >= 0.6 is 0 Å². The van der Waals surface area contributed by atoms with Crippen molar-refractivity contribution in [3.63, 3.8) is 0 Å². The van der Waals surface area contributed by atoms with Gasteiger partial charge in [-0.1, -0.05) is 12.8 Å². The topological polar surface area (TPSA) is 46.3 Å². The summed E-state index contributed by atoms with van der Waals surface area (Å²) in [5.74, 6) is 0.349. The standard InChI is InChI=1S/C11H22N2O/c12-8-4-6-10-13-9-5-2-1-3-7-11(13)14/h1-10,12H2. The molecule has 0 aromatic carbocycles. The van der Waals surface area contributed by atoms with Crippen LogP contribution in [-0.4, -0.2) is 30.4 Å². The Morgan fingerprint density at radius 2 is 1.93 bits per heavy atom. The summed E-state index contributed by atoms with van der Waals surface area (Å²) in [6.45, 7) is 2.61. The molecule has 14 heavy (non-hydrogen) atoms. The fourth-order valence-corrected chi connectivity index (χ4v) is 1.90. The van der Waals surface area contributed by atoms with Crippen LogP contribution in [0.5, 0.6) is 0 Å². The zero-order chi connectivity index (χ0) is 10.2. The first kappa shape index (κ1) is 11.5. The molecular formula is C11H22N2O. The Bertz CT molecular complexity index is 171. The van der Waals surface area contributed by atoms with Crippen molar-refractivity contribution in [3.05, 3.63) is 0 Å². The lowest BCUT2D eigenvalue weighted by molar-refractivity contribution is -0.131. The third-order valence-corrected chi connectivity index (χ3v) is 2.80. The van der Waals surface area contributed by atoms with Gasteiger partial charge in [-0.2, -0.15) is 0 Å². The number of carbonyl (C=O) groups is 1. The molecule has 1 fully saturated rings. The quantitative estimate of drug-likeness (QED) is 0.696. The minimum absolute atomic E-state index is 0.349. The first-order chi connectivity index (χ1) is 6.84. The number of carbonyl (C=O) groups excluding carboxylic acids is 1. The van der Waals surface area contributed by atoms with Crippen molar-refractivity contribution in [2.24, 2.45) is 5.73 Å². The molecule has 3 heteroatoms. The Kier molecular flexibility index (Phi) is 5.60. The highest BCUT2D eigenvalue weighted by Crippen LogP contribution is 2.12. The molecule has 0 spiro atoms. The molecule has 1 rings (SSSR count). The molecule has 0 unspecified atom stereocenters. The average Bonchev–Trinajstić information content (AvgIpc) is 2.17. The lowest BCUT2D eigenvalue weighted by Crippen LogP contribution is -2.33. The van der Waals surface area contributed by atoms with Crippen LogP contribution in [0.2, 0.25) is 0 Å². The number of amides is 1. The van der Waals surface area contributed by atoms with E-state index in [1.807, 2.05) is 4.90 Å². The molecule has 1 saturated heterocycles. The lowest BCUT2D eigenvalue weighted by atomic mass is 10.1. The summed E-state index contributed by atoms with van der Waals surface area (Å²) in [6, 6.07) is 0. The summed E-state index contributed by atoms with van der Waals surface area (Å²) in [6.07, 6.45) is 7.60. The first-order valence-electron chi connectivity index (χ1n) is 5.82. The highest BCUT2D eigenvalue weighted by atomic mass is 16.2. The van der Waals surface area contributed by atoms with Gasteiger partial charge in [0.15, 0.2) is 0 Å². The van der Waals surface area contributed by atoms with Gasteiger partial charge in [0.2, 0.25) is 5.91 Å². The smallest absolute Gasteiger partial charge is 0.222 e. The van der Waals surface area contributed by atoms with E-state index in [1.165, 1.54) is 19.3 Å². The summed E-state index contributed by atoms with van der Waals surface area (Å²) < 4.78 is 0. The molecule has 3 nitrogen and oxygen atoms in total. The Morgan fingerprint density at radius 3 is 2.71 bits per heavy atom. The molecule has 2 N–H and O–H groups in total. The van der Waals surface area contributed by atoms with Gasteiger partial charge in [-0.3, -0.25) is 4.79 Å². The minimum atomic E-state index is 0.349. The Morgan fingerprint density at radius 1 is 1.14 bits per heavy atom. The summed E-state index contributed by atoms with van der Waals surface area (Å²) in [7, 11) is 0. The molecular weight excluding hydrogens is 176 g/mol. The van der Waals surface area contributed by atoms with Crippen molar-refractivity contribution in [2.75, 3.05) is 19.6 Å². The van der Waals surface area contributed by atoms with Gasteiger partial charge < -0.3 is 10.6 Å². The van der Waals surface area contributed by atoms with Crippen LogP contribution in [0.1, 0.15) is 44.9 Å². The zero-order valence-electron chi connectivity index (χ0n) is 9.00. The van der Waals surface area contributed by atoms with Gasteiger partial charge >= 0.3 is 0 Å². The molecule has 0 aliphatic carbocycles. The summed E-state index contributed by atoms with van der Waals surface area (Å²) in [5.41, 5.74) is 5.43. The molecule has 0 atom stereocenters. The molecule has 0 saturated carbocycles. The fraction of sp³-hybridized carbons (Fsp3) is 0.909. The molecule has 0 bridgehead atoms. The fourth-order valence-electron chi connectivity index (χ4n) is 1.90. The molecule has 0 aromatic heterocycles. The lowest BCUT2D eigenvalue weighted by Gasteiger charge is -2.24. The largest absolute Gasteiger partial charge is 0.343 e. The number of hydrogen-bond acceptors (Lipinski definition) is 2. The first-order valence-corrected chi connectivity index (χ1v) is 5.82. The van der Waals surface area contributed by atoms with E-state index in [-0.39, 0.29) is 0 Å². The number of nitrogens with zero attached hydrogens (tertiary/aromatic N) is 1. The van der Waals surface area contributed by atoms with Crippen molar-refractivity contribution >= 4 is 5.91 Å². The number of rotatable bonds is 4. The third kappa shape index (κ3) is 4.09. The van der Waals surface area contributed by atoms with Gasteiger partial charge in [0, 0.05) is 19.5 Å². The monoisotopic (exact) mass is 198 g/mol. The normalized spacial score (nSPS) is 19.2.